The second kappa shape index (κ2) is 14.9. The van der Waals surface area contributed by atoms with Crippen LogP contribution in [0.2, 0.25) is 0 Å². The van der Waals surface area contributed by atoms with Gasteiger partial charge in [-0.1, -0.05) is 75.1 Å². The van der Waals surface area contributed by atoms with Gasteiger partial charge in [0.05, 0.1) is 36.6 Å². The van der Waals surface area contributed by atoms with Gasteiger partial charge >= 0.3 is 5.97 Å². The number of rotatable bonds is 15. The van der Waals surface area contributed by atoms with Crippen molar-refractivity contribution in [3.63, 3.8) is 0 Å². The molecule has 0 saturated heterocycles. The van der Waals surface area contributed by atoms with Crippen LogP contribution in [0.15, 0.2) is 59.5 Å². The van der Waals surface area contributed by atoms with E-state index in [0.717, 1.165) is 29.1 Å². The lowest BCUT2D eigenvalue weighted by molar-refractivity contribution is -0.150. The molecule has 2 aromatic carbocycles. The van der Waals surface area contributed by atoms with Gasteiger partial charge < -0.3 is 19.3 Å². The summed E-state index contributed by atoms with van der Waals surface area (Å²) in [5.74, 6) is 0.361. The first-order valence-corrected chi connectivity index (χ1v) is 11.8. The van der Waals surface area contributed by atoms with Crippen molar-refractivity contribution in [1.82, 2.24) is 0 Å². The van der Waals surface area contributed by atoms with E-state index in [1.54, 1.807) is 7.11 Å². The van der Waals surface area contributed by atoms with Gasteiger partial charge in [0.15, 0.2) is 0 Å². The number of carbonyl (C=O) groups excluding carboxylic acids is 1. The molecule has 0 aliphatic heterocycles. The van der Waals surface area contributed by atoms with Crippen molar-refractivity contribution >= 4 is 17.7 Å². The molecule has 2 aromatic rings. The number of esters is 1. The SMILES string of the molecule is CCCCCCCOC(=O)COCC(O)C(Sc1ccccc1OC)c1ccccc1. The molecule has 0 bridgehead atoms. The molecule has 0 aliphatic carbocycles. The molecule has 31 heavy (non-hydrogen) atoms. The number of benzene rings is 2. The summed E-state index contributed by atoms with van der Waals surface area (Å²) in [6.45, 7) is 2.47. The minimum absolute atomic E-state index is 0.0350. The van der Waals surface area contributed by atoms with Gasteiger partial charge in [-0.15, -0.1) is 11.8 Å². The zero-order chi connectivity index (χ0) is 22.3. The average Bonchev–Trinajstić information content (AvgIpc) is 2.80. The fourth-order valence-electron chi connectivity index (χ4n) is 3.15. The third kappa shape index (κ3) is 9.33. The topological polar surface area (TPSA) is 65.0 Å². The Kier molecular flexibility index (Phi) is 12.1. The lowest BCUT2D eigenvalue weighted by atomic mass is 10.1. The molecule has 0 heterocycles. The molecule has 5 nitrogen and oxygen atoms in total. The summed E-state index contributed by atoms with van der Waals surface area (Å²) < 4.78 is 16.1. The van der Waals surface area contributed by atoms with Crippen LogP contribution in [-0.2, 0) is 14.3 Å². The number of carbonyl (C=O) groups is 1. The van der Waals surface area contributed by atoms with Gasteiger partial charge in [0.25, 0.3) is 0 Å². The smallest absolute Gasteiger partial charge is 0.332 e. The first-order chi connectivity index (χ1) is 15.2. The Labute approximate surface area is 190 Å². The van der Waals surface area contributed by atoms with Gasteiger partial charge in [0.1, 0.15) is 12.4 Å². The van der Waals surface area contributed by atoms with Crippen molar-refractivity contribution in [3.05, 3.63) is 60.2 Å². The lowest BCUT2D eigenvalue weighted by Gasteiger charge is -2.23. The molecule has 2 atom stereocenters. The van der Waals surface area contributed by atoms with Crippen molar-refractivity contribution in [2.45, 2.75) is 55.3 Å². The second-order valence-electron chi connectivity index (χ2n) is 7.32. The van der Waals surface area contributed by atoms with Gasteiger partial charge in [0.2, 0.25) is 0 Å². The van der Waals surface area contributed by atoms with Gasteiger partial charge in [0, 0.05) is 0 Å². The third-order valence-corrected chi connectivity index (χ3v) is 6.25. The highest BCUT2D eigenvalue weighted by atomic mass is 32.2. The molecule has 1 N–H and O–H groups in total. The molecule has 0 radical (unpaired) electrons. The minimum Gasteiger partial charge on any atom is -0.496 e. The standard InChI is InChI=1S/C25H34O5S/c1-3-4-5-6-12-17-30-24(27)19-29-18-21(26)25(20-13-8-7-9-14-20)31-23-16-11-10-15-22(23)28-2/h7-11,13-16,21,25-26H,3-6,12,17-19H2,1-2H3. The van der Waals surface area contributed by atoms with Crippen molar-refractivity contribution in [2.75, 3.05) is 26.9 Å². The number of hydrogen-bond acceptors (Lipinski definition) is 6. The molecule has 0 aliphatic rings. The maximum atomic E-state index is 11.9. The number of para-hydroxylation sites is 1. The number of aliphatic hydroxyl groups excluding tert-OH is 1. The van der Waals surface area contributed by atoms with E-state index in [4.69, 9.17) is 14.2 Å². The maximum Gasteiger partial charge on any atom is 0.332 e. The maximum absolute atomic E-state index is 11.9. The van der Waals surface area contributed by atoms with E-state index < -0.39 is 12.1 Å². The molecule has 2 unspecified atom stereocenters. The molecule has 0 saturated carbocycles. The molecule has 0 amide bonds. The van der Waals surface area contributed by atoms with Crippen LogP contribution in [0.25, 0.3) is 0 Å². The van der Waals surface area contributed by atoms with E-state index in [0.29, 0.717) is 6.61 Å². The quantitative estimate of drug-likeness (QED) is 0.224. The molecule has 0 fully saturated rings. The Hall–Kier alpha value is -2.02. The molecular formula is C25H34O5S. The first kappa shape index (κ1) is 25.2. The second-order valence-corrected chi connectivity index (χ2v) is 8.50. The Morgan fingerprint density at radius 2 is 1.71 bits per heavy atom. The Morgan fingerprint density at radius 1 is 1.00 bits per heavy atom. The highest BCUT2D eigenvalue weighted by molar-refractivity contribution is 7.99. The van der Waals surface area contributed by atoms with Crippen LogP contribution in [0, 0.1) is 0 Å². The summed E-state index contributed by atoms with van der Waals surface area (Å²) >= 11 is 1.51. The highest BCUT2D eigenvalue weighted by Crippen LogP contribution is 2.41. The van der Waals surface area contributed by atoms with E-state index in [2.05, 4.69) is 6.92 Å². The molecular weight excluding hydrogens is 412 g/mol. The average molecular weight is 447 g/mol. The molecule has 0 aromatic heterocycles. The summed E-state index contributed by atoms with van der Waals surface area (Å²) in [5.41, 5.74) is 0.976. The van der Waals surface area contributed by atoms with Gasteiger partial charge in [-0.2, -0.15) is 0 Å². The fourth-order valence-corrected chi connectivity index (χ4v) is 4.38. The van der Waals surface area contributed by atoms with E-state index in [1.807, 2.05) is 54.6 Å². The van der Waals surface area contributed by atoms with Crippen molar-refractivity contribution in [3.8, 4) is 5.75 Å². The summed E-state index contributed by atoms with van der Waals surface area (Å²) in [6, 6.07) is 17.5. The third-order valence-electron chi connectivity index (χ3n) is 4.82. The molecule has 170 valence electrons. The van der Waals surface area contributed by atoms with E-state index in [1.165, 1.54) is 31.0 Å². The number of methoxy groups -OCH3 is 1. The monoisotopic (exact) mass is 446 g/mol. The summed E-state index contributed by atoms with van der Waals surface area (Å²) in [4.78, 5) is 12.8. The summed E-state index contributed by atoms with van der Waals surface area (Å²) in [5, 5.41) is 10.6. The van der Waals surface area contributed by atoms with Crippen molar-refractivity contribution < 1.29 is 24.1 Å². The van der Waals surface area contributed by atoms with Crippen LogP contribution in [0.5, 0.6) is 5.75 Å². The van der Waals surface area contributed by atoms with Crippen LogP contribution in [0.1, 0.15) is 49.8 Å². The molecule has 6 heteroatoms. The number of ether oxygens (including phenoxy) is 3. The van der Waals surface area contributed by atoms with E-state index in [-0.39, 0.29) is 18.5 Å². The van der Waals surface area contributed by atoms with E-state index >= 15 is 0 Å². The van der Waals surface area contributed by atoms with E-state index in [9.17, 15) is 9.90 Å². The number of thioether (sulfide) groups is 1. The molecule has 2 rings (SSSR count). The molecule has 0 spiro atoms. The lowest BCUT2D eigenvalue weighted by Crippen LogP contribution is -2.25. The predicted octanol–water partition coefficient (Wildman–Crippen LogP) is 5.42. The van der Waals surface area contributed by atoms with Crippen molar-refractivity contribution in [2.24, 2.45) is 0 Å². The normalized spacial score (nSPS) is 12.9. The van der Waals surface area contributed by atoms with Crippen LogP contribution in [-0.4, -0.2) is 44.1 Å². The fraction of sp³-hybridized carbons (Fsp3) is 0.480. The Balaban J connectivity index is 1.86. The van der Waals surface area contributed by atoms with Crippen LogP contribution < -0.4 is 4.74 Å². The highest BCUT2D eigenvalue weighted by Gasteiger charge is 2.24. The van der Waals surface area contributed by atoms with Gasteiger partial charge in [-0.25, -0.2) is 4.79 Å². The first-order valence-electron chi connectivity index (χ1n) is 10.9. The van der Waals surface area contributed by atoms with Crippen LogP contribution in [0.4, 0.5) is 0 Å². The number of unbranched alkanes of at least 4 members (excludes halogenated alkanes) is 4. The zero-order valence-electron chi connectivity index (χ0n) is 18.5. The number of hydrogen-bond donors (Lipinski definition) is 1. The minimum atomic E-state index is -0.806. The van der Waals surface area contributed by atoms with Crippen LogP contribution >= 0.6 is 11.8 Å². The Bertz CT molecular complexity index is 753. The summed E-state index contributed by atoms with van der Waals surface area (Å²) in [6.07, 6.45) is 4.71. The van der Waals surface area contributed by atoms with Crippen LogP contribution in [0.3, 0.4) is 0 Å². The van der Waals surface area contributed by atoms with Gasteiger partial charge in [-0.3, -0.25) is 0 Å². The largest absolute Gasteiger partial charge is 0.496 e. The van der Waals surface area contributed by atoms with Gasteiger partial charge in [-0.05, 0) is 24.1 Å². The Morgan fingerprint density at radius 3 is 2.45 bits per heavy atom. The van der Waals surface area contributed by atoms with Crippen molar-refractivity contribution in [1.29, 1.82) is 0 Å². The summed E-state index contributed by atoms with van der Waals surface area (Å²) in [7, 11) is 1.63. The zero-order valence-corrected chi connectivity index (χ0v) is 19.3. The number of aliphatic hydroxyl groups is 1. The predicted molar refractivity (Wildman–Crippen MR) is 125 cm³/mol.